The molecule has 0 saturated carbocycles. The molecule has 0 atom stereocenters. The summed E-state index contributed by atoms with van der Waals surface area (Å²) in [5.74, 6) is 0. The van der Waals surface area contributed by atoms with Gasteiger partial charge < -0.3 is 5.32 Å². The SMILES string of the molecule is Cc1sc(Nc2cccc3ccccc23)nc1-c1ccc(Cl)c(Cl)c1. The number of anilines is 2. The minimum atomic E-state index is 0.537. The molecule has 0 aliphatic carbocycles. The quantitative estimate of drug-likeness (QED) is 0.400. The number of thiazole rings is 1. The number of nitrogens with zero attached hydrogens (tertiary/aromatic N) is 1. The third-order valence-electron chi connectivity index (χ3n) is 4.02. The zero-order valence-corrected chi connectivity index (χ0v) is 15.7. The second-order valence-corrected chi connectivity index (χ2v) is 7.72. The van der Waals surface area contributed by atoms with E-state index in [0.717, 1.165) is 27.0 Å². The van der Waals surface area contributed by atoms with E-state index in [1.165, 1.54) is 10.8 Å². The lowest BCUT2D eigenvalue weighted by Crippen LogP contribution is -1.91. The topological polar surface area (TPSA) is 24.9 Å². The third-order valence-corrected chi connectivity index (χ3v) is 5.65. The van der Waals surface area contributed by atoms with E-state index >= 15 is 0 Å². The highest BCUT2D eigenvalue weighted by Gasteiger charge is 2.12. The number of aromatic nitrogens is 1. The Morgan fingerprint density at radius 1 is 0.920 bits per heavy atom. The molecule has 0 spiro atoms. The molecule has 0 radical (unpaired) electrons. The molecule has 4 rings (SSSR count). The van der Waals surface area contributed by atoms with Crippen LogP contribution in [0.3, 0.4) is 0 Å². The molecule has 0 bridgehead atoms. The van der Waals surface area contributed by atoms with Gasteiger partial charge >= 0.3 is 0 Å². The number of hydrogen-bond acceptors (Lipinski definition) is 3. The summed E-state index contributed by atoms with van der Waals surface area (Å²) < 4.78 is 0. The van der Waals surface area contributed by atoms with Gasteiger partial charge in [0, 0.05) is 21.5 Å². The molecule has 25 heavy (non-hydrogen) atoms. The fourth-order valence-corrected chi connectivity index (χ4v) is 3.96. The average Bonchev–Trinajstić information content (AvgIpc) is 2.98. The van der Waals surface area contributed by atoms with Crippen molar-refractivity contribution < 1.29 is 0 Å². The Morgan fingerprint density at radius 2 is 1.72 bits per heavy atom. The Bertz CT molecular complexity index is 1070. The van der Waals surface area contributed by atoms with Crippen molar-refractivity contribution in [2.75, 3.05) is 5.32 Å². The molecule has 0 unspecified atom stereocenters. The van der Waals surface area contributed by atoms with Crippen molar-refractivity contribution in [2.24, 2.45) is 0 Å². The molecule has 1 aromatic heterocycles. The monoisotopic (exact) mass is 384 g/mol. The summed E-state index contributed by atoms with van der Waals surface area (Å²) >= 11 is 13.8. The maximum absolute atomic E-state index is 6.15. The van der Waals surface area contributed by atoms with Crippen LogP contribution >= 0.6 is 34.5 Å². The van der Waals surface area contributed by atoms with Gasteiger partial charge in [-0.05, 0) is 30.5 Å². The molecule has 0 fully saturated rings. The summed E-state index contributed by atoms with van der Waals surface area (Å²) in [7, 11) is 0. The molecule has 124 valence electrons. The summed E-state index contributed by atoms with van der Waals surface area (Å²) in [5.41, 5.74) is 2.94. The van der Waals surface area contributed by atoms with E-state index in [2.05, 4.69) is 36.5 Å². The van der Waals surface area contributed by atoms with Crippen LogP contribution in [0.25, 0.3) is 22.0 Å². The minimum absolute atomic E-state index is 0.537. The van der Waals surface area contributed by atoms with Crippen LogP contribution in [0.5, 0.6) is 0 Å². The molecule has 0 aliphatic rings. The molecule has 0 saturated heterocycles. The molecule has 0 aliphatic heterocycles. The van der Waals surface area contributed by atoms with Crippen LogP contribution in [0.4, 0.5) is 10.8 Å². The Hall–Kier alpha value is -2.07. The zero-order chi connectivity index (χ0) is 17.4. The molecule has 1 heterocycles. The first-order chi connectivity index (χ1) is 12.1. The maximum Gasteiger partial charge on any atom is 0.187 e. The van der Waals surface area contributed by atoms with Crippen LogP contribution in [0, 0.1) is 6.92 Å². The van der Waals surface area contributed by atoms with Gasteiger partial charge in [0.05, 0.1) is 15.7 Å². The lowest BCUT2D eigenvalue weighted by Gasteiger charge is -2.07. The summed E-state index contributed by atoms with van der Waals surface area (Å²) in [6, 6.07) is 20.1. The highest BCUT2D eigenvalue weighted by molar-refractivity contribution is 7.16. The minimum Gasteiger partial charge on any atom is -0.331 e. The van der Waals surface area contributed by atoms with Crippen molar-refractivity contribution in [3.63, 3.8) is 0 Å². The number of nitrogens with one attached hydrogen (secondary N) is 1. The van der Waals surface area contributed by atoms with Crippen molar-refractivity contribution in [1.29, 1.82) is 0 Å². The molecule has 3 aromatic carbocycles. The van der Waals surface area contributed by atoms with E-state index in [0.29, 0.717) is 10.0 Å². The number of hydrogen-bond donors (Lipinski definition) is 1. The second kappa shape index (κ2) is 6.68. The van der Waals surface area contributed by atoms with Gasteiger partial charge in [-0.25, -0.2) is 4.98 Å². The lowest BCUT2D eigenvalue weighted by atomic mass is 10.1. The lowest BCUT2D eigenvalue weighted by molar-refractivity contribution is 1.36. The highest BCUT2D eigenvalue weighted by atomic mass is 35.5. The fourth-order valence-electron chi connectivity index (χ4n) is 2.81. The van der Waals surface area contributed by atoms with Gasteiger partial charge in [0.2, 0.25) is 0 Å². The summed E-state index contributed by atoms with van der Waals surface area (Å²) in [6.45, 7) is 2.06. The normalized spacial score (nSPS) is 11.0. The highest BCUT2D eigenvalue weighted by Crippen LogP contribution is 2.35. The van der Waals surface area contributed by atoms with Crippen LogP contribution < -0.4 is 5.32 Å². The van der Waals surface area contributed by atoms with Gasteiger partial charge in [-0.15, -0.1) is 11.3 Å². The molecule has 0 amide bonds. The van der Waals surface area contributed by atoms with Crippen molar-refractivity contribution in [3.8, 4) is 11.3 Å². The summed E-state index contributed by atoms with van der Waals surface area (Å²) in [5, 5.41) is 7.77. The van der Waals surface area contributed by atoms with Crippen LogP contribution in [0.1, 0.15) is 4.88 Å². The fraction of sp³-hybridized carbons (Fsp3) is 0.0500. The van der Waals surface area contributed by atoms with Crippen LogP contribution in [-0.4, -0.2) is 4.98 Å². The van der Waals surface area contributed by atoms with Crippen molar-refractivity contribution in [3.05, 3.63) is 75.6 Å². The third kappa shape index (κ3) is 3.23. The Kier molecular flexibility index (Phi) is 4.38. The molecular weight excluding hydrogens is 371 g/mol. The number of aryl methyl sites for hydroxylation is 1. The Morgan fingerprint density at radius 3 is 2.56 bits per heavy atom. The molecule has 5 heteroatoms. The number of fused-ring (bicyclic) bond motifs is 1. The Labute approximate surface area is 160 Å². The van der Waals surface area contributed by atoms with E-state index < -0.39 is 0 Å². The van der Waals surface area contributed by atoms with Gasteiger partial charge in [-0.3, -0.25) is 0 Å². The second-order valence-electron chi connectivity index (χ2n) is 5.70. The Balaban J connectivity index is 1.71. The first-order valence-electron chi connectivity index (χ1n) is 7.79. The van der Waals surface area contributed by atoms with Gasteiger partial charge in [-0.2, -0.15) is 0 Å². The van der Waals surface area contributed by atoms with Crippen LogP contribution in [0.15, 0.2) is 60.7 Å². The number of halogens is 2. The largest absolute Gasteiger partial charge is 0.331 e. The molecule has 2 nitrogen and oxygen atoms in total. The first kappa shape index (κ1) is 16.4. The predicted octanol–water partition coefficient (Wildman–Crippen LogP) is 7.32. The van der Waals surface area contributed by atoms with E-state index in [1.54, 1.807) is 17.4 Å². The van der Waals surface area contributed by atoms with Gasteiger partial charge in [-0.1, -0.05) is 65.7 Å². The molecule has 1 N–H and O–H groups in total. The van der Waals surface area contributed by atoms with Crippen molar-refractivity contribution in [1.82, 2.24) is 4.98 Å². The van der Waals surface area contributed by atoms with Gasteiger partial charge in [0.1, 0.15) is 0 Å². The number of benzene rings is 3. The summed E-state index contributed by atoms with van der Waals surface area (Å²) in [6.07, 6.45) is 0. The van der Waals surface area contributed by atoms with Crippen LogP contribution in [0.2, 0.25) is 10.0 Å². The van der Waals surface area contributed by atoms with Crippen molar-refractivity contribution >= 4 is 56.1 Å². The van der Waals surface area contributed by atoms with Crippen molar-refractivity contribution in [2.45, 2.75) is 6.92 Å². The van der Waals surface area contributed by atoms with E-state index in [-0.39, 0.29) is 0 Å². The van der Waals surface area contributed by atoms with Gasteiger partial charge in [0.25, 0.3) is 0 Å². The van der Waals surface area contributed by atoms with E-state index in [1.807, 2.05) is 30.3 Å². The molecular formula is C20H14Cl2N2S. The van der Waals surface area contributed by atoms with E-state index in [9.17, 15) is 0 Å². The smallest absolute Gasteiger partial charge is 0.187 e. The first-order valence-corrected chi connectivity index (χ1v) is 9.37. The van der Waals surface area contributed by atoms with Gasteiger partial charge in [0.15, 0.2) is 5.13 Å². The zero-order valence-electron chi connectivity index (χ0n) is 13.4. The number of rotatable bonds is 3. The van der Waals surface area contributed by atoms with Crippen LogP contribution in [-0.2, 0) is 0 Å². The standard InChI is InChI=1S/C20H14Cl2N2S/c1-12-19(14-9-10-16(21)17(22)11-14)24-20(25-12)23-18-8-4-6-13-5-2-3-7-15(13)18/h2-11H,1H3,(H,23,24). The predicted molar refractivity (Wildman–Crippen MR) is 110 cm³/mol. The maximum atomic E-state index is 6.15. The van der Waals surface area contributed by atoms with E-state index in [4.69, 9.17) is 28.2 Å². The summed E-state index contributed by atoms with van der Waals surface area (Å²) in [4.78, 5) is 5.88. The average molecular weight is 385 g/mol. The molecule has 4 aromatic rings.